The molecular formula is C9H26N4. The molecule has 0 aliphatic rings. The minimum Gasteiger partial charge on any atom is -0.329 e. The van der Waals surface area contributed by atoms with Gasteiger partial charge in [-0.3, -0.25) is 4.90 Å². The maximum absolute atomic E-state index is 5.76. The smallest absolute Gasteiger partial charge is 0.0568 e. The Hall–Kier alpha value is -0.160. The van der Waals surface area contributed by atoms with Gasteiger partial charge in [0.1, 0.15) is 0 Å². The summed E-state index contributed by atoms with van der Waals surface area (Å²) in [6, 6.07) is 0. The van der Waals surface area contributed by atoms with Crippen molar-refractivity contribution < 1.29 is 0 Å². The van der Waals surface area contributed by atoms with E-state index in [9.17, 15) is 0 Å². The van der Waals surface area contributed by atoms with Gasteiger partial charge < -0.3 is 17.2 Å². The summed E-state index contributed by atoms with van der Waals surface area (Å²) in [7, 11) is 0. The van der Waals surface area contributed by atoms with Crippen LogP contribution in [0.2, 0.25) is 0 Å². The molecule has 0 radical (unpaired) electrons. The maximum Gasteiger partial charge on any atom is 0.0568 e. The van der Waals surface area contributed by atoms with E-state index in [2.05, 4.69) is 25.7 Å². The minimum absolute atomic E-state index is 0.264. The van der Waals surface area contributed by atoms with Crippen molar-refractivity contribution in [3.63, 3.8) is 0 Å². The van der Waals surface area contributed by atoms with Crippen LogP contribution in [0.25, 0.3) is 0 Å². The summed E-state index contributed by atoms with van der Waals surface area (Å²) in [4.78, 5) is 2.25. The van der Waals surface area contributed by atoms with Crippen LogP contribution in [0.15, 0.2) is 0 Å². The average molecular weight is 190 g/mol. The van der Waals surface area contributed by atoms with E-state index >= 15 is 0 Å². The predicted molar refractivity (Wildman–Crippen MR) is 59.3 cm³/mol. The van der Waals surface area contributed by atoms with Crippen molar-refractivity contribution in [1.29, 1.82) is 0 Å². The summed E-state index contributed by atoms with van der Waals surface area (Å²) in [5.41, 5.74) is 15.6. The third-order valence-electron chi connectivity index (χ3n) is 1.87. The monoisotopic (exact) mass is 190 g/mol. The lowest BCUT2D eigenvalue weighted by atomic mass is 10.3. The van der Waals surface area contributed by atoms with Crippen molar-refractivity contribution >= 4 is 0 Å². The second kappa shape index (κ2) is 11.8. The second-order valence-corrected chi connectivity index (χ2v) is 2.77. The van der Waals surface area contributed by atoms with Gasteiger partial charge in [0.05, 0.1) is 6.17 Å². The lowest BCUT2D eigenvalue weighted by Gasteiger charge is -2.24. The molecule has 0 saturated heterocycles. The van der Waals surface area contributed by atoms with E-state index in [-0.39, 0.29) is 6.17 Å². The van der Waals surface area contributed by atoms with Crippen LogP contribution in [0.1, 0.15) is 27.2 Å². The van der Waals surface area contributed by atoms with Gasteiger partial charge in [0.25, 0.3) is 0 Å². The number of nitrogens with two attached hydrogens (primary N) is 3. The molecule has 0 aromatic carbocycles. The molecular weight excluding hydrogens is 164 g/mol. The molecule has 82 valence electrons. The molecule has 0 amide bonds. The molecule has 4 heteroatoms. The Morgan fingerprint density at radius 2 is 1.38 bits per heavy atom. The molecule has 0 heterocycles. The highest BCUT2D eigenvalue weighted by atomic mass is 15.2. The zero-order chi connectivity index (χ0) is 10.7. The van der Waals surface area contributed by atoms with Crippen LogP contribution in [0.3, 0.4) is 0 Å². The average Bonchev–Trinajstić information content (AvgIpc) is 2.19. The summed E-state index contributed by atoms with van der Waals surface area (Å²) >= 11 is 0. The van der Waals surface area contributed by atoms with E-state index in [1.165, 1.54) is 0 Å². The molecule has 0 rings (SSSR count). The minimum atomic E-state index is 0.264. The Morgan fingerprint density at radius 1 is 1.00 bits per heavy atom. The molecule has 13 heavy (non-hydrogen) atoms. The van der Waals surface area contributed by atoms with E-state index in [1.54, 1.807) is 0 Å². The fraction of sp³-hybridized carbons (Fsp3) is 1.00. The van der Waals surface area contributed by atoms with E-state index in [0.29, 0.717) is 13.1 Å². The Balaban J connectivity index is 0. The molecule has 0 aromatic heterocycles. The van der Waals surface area contributed by atoms with E-state index in [4.69, 9.17) is 17.2 Å². The first kappa shape index (κ1) is 15.3. The maximum atomic E-state index is 5.76. The molecule has 0 bridgehead atoms. The zero-order valence-electron chi connectivity index (χ0n) is 9.29. The van der Waals surface area contributed by atoms with E-state index in [1.807, 2.05) is 0 Å². The second-order valence-electron chi connectivity index (χ2n) is 2.77. The summed E-state index contributed by atoms with van der Waals surface area (Å²) in [5.74, 6) is 0. The molecule has 6 N–H and O–H groups in total. The van der Waals surface area contributed by atoms with Crippen LogP contribution in [-0.4, -0.2) is 37.2 Å². The van der Waals surface area contributed by atoms with Crippen molar-refractivity contribution in [2.45, 2.75) is 33.4 Å². The number of hydrogen-bond acceptors (Lipinski definition) is 4. The third kappa shape index (κ3) is 9.76. The van der Waals surface area contributed by atoms with Gasteiger partial charge in [-0.2, -0.15) is 0 Å². The van der Waals surface area contributed by atoms with Crippen LogP contribution >= 0.6 is 0 Å². The van der Waals surface area contributed by atoms with E-state index in [0.717, 1.165) is 19.5 Å². The summed E-state index contributed by atoms with van der Waals surface area (Å²) in [6.07, 6.45) is 1.31. The molecule has 0 fully saturated rings. The van der Waals surface area contributed by atoms with Crippen LogP contribution < -0.4 is 17.2 Å². The Labute approximate surface area is 82.4 Å². The Morgan fingerprint density at radius 3 is 1.46 bits per heavy atom. The third-order valence-corrected chi connectivity index (χ3v) is 1.87. The summed E-state index contributed by atoms with van der Waals surface area (Å²) in [6.45, 7) is 9.71. The van der Waals surface area contributed by atoms with Gasteiger partial charge in [0, 0.05) is 13.1 Å². The lowest BCUT2D eigenvalue weighted by molar-refractivity contribution is 0.216. The van der Waals surface area contributed by atoms with Gasteiger partial charge in [-0.25, -0.2) is 0 Å². The highest BCUT2D eigenvalue weighted by molar-refractivity contribution is 4.59. The first-order chi connectivity index (χ1) is 6.17. The van der Waals surface area contributed by atoms with Crippen LogP contribution in [0.5, 0.6) is 0 Å². The predicted octanol–water partition coefficient (Wildman–Crippen LogP) is -0.0732. The molecule has 1 atom stereocenters. The fourth-order valence-electron chi connectivity index (χ4n) is 0.951. The first-order valence-corrected chi connectivity index (χ1v) is 5.07. The standard InChI is InChI=1S/C7H18N2.C2H8N2/c1-4-7(8)9(5-2)6-3;3-1-2-4/h7H,4-6,8H2,1-3H3;1-4H2. The molecule has 4 nitrogen and oxygen atoms in total. The topological polar surface area (TPSA) is 81.3 Å². The van der Waals surface area contributed by atoms with Crippen molar-refractivity contribution in [1.82, 2.24) is 4.90 Å². The largest absolute Gasteiger partial charge is 0.329 e. The Kier molecular flexibility index (Phi) is 14.0. The van der Waals surface area contributed by atoms with Crippen molar-refractivity contribution in [3.05, 3.63) is 0 Å². The highest BCUT2D eigenvalue weighted by Gasteiger charge is 2.05. The lowest BCUT2D eigenvalue weighted by Crippen LogP contribution is -2.41. The number of nitrogens with zero attached hydrogens (tertiary/aromatic N) is 1. The van der Waals surface area contributed by atoms with Crippen molar-refractivity contribution in [2.24, 2.45) is 17.2 Å². The van der Waals surface area contributed by atoms with Gasteiger partial charge >= 0.3 is 0 Å². The Bertz CT molecular complexity index is 81.7. The molecule has 0 saturated carbocycles. The van der Waals surface area contributed by atoms with E-state index < -0.39 is 0 Å². The van der Waals surface area contributed by atoms with Crippen molar-refractivity contribution in [2.75, 3.05) is 26.2 Å². The van der Waals surface area contributed by atoms with Gasteiger partial charge in [0.15, 0.2) is 0 Å². The number of hydrogen-bond donors (Lipinski definition) is 3. The van der Waals surface area contributed by atoms with Gasteiger partial charge in [-0.1, -0.05) is 20.8 Å². The summed E-state index contributed by atoms with van der Waals surface area (Å²) < 4.78 is 0. The molecule has 0 aliphatic carbocycles. The van der Waals surface area contributed by atoms with Gasteiger partial charge in [-0.15, -0.1) is 0 Å². The quantitative estimate of drug-likeness (QED) is 0.530. The van der Waals surface area contributed by atoms with Gasteiger partial charge in [-0.05, 0) is 19.5 Å². The van der Waals surface area contributed by atoms with Gasteiger partial charge in [0.2, 0.25) is 0 Å². The van der Waals surface area contributed by atoms with Crippen molar-refractivity contribution in [3.8, 4) is 0 Å². The van der Waals surface area contributed by atoms with Crippen LogP contribution in [0.4, 0.5) is 0 Å². The molecule has 0 spiro atoms. The molecule has 1 unspecified atom stereocenters. The highest BCUT2D eigenvalue weighted by Crippen LogP contribution is 1.95. The first-order valence-electron chi connectivity index (χ1n) is 5.07. The molecule has 0 aliphatic heterocycles. The SMILES string of the molecule is CCC(N)N(CC)CC.NCCN. The molecule has 0 aromatic rings. The van der Waals surface area contributed by atoms with Crippen LogP contribution in [0, 0.1) is 0 Å². The number of rotatable bonds is 5. The summed E-state index contributed by atoms with van der Waals surface area (Å²) in [5, 5.41) is 0. The fourth-order valence-corrected chi connectivity index (χ4v) is 0.951. The van der Waals surface area contributed by atoms with Crippen LogP contribution in [-0.2, 0) is 0 Å². The zero-order valence-corrected chi connectivity index (χ0v) is 9.29. The normalized spacial score (nSPS) is 12.2.